The molecular weight excluding hydrogens is 618 g/mol. The van der Waals surface area contributed by atoms with E-state index >= 15 is 0 Å². The molecule has 0 aliphatic rings. The molecule has 0 saturated heterocycles. The SMILES string of the molecule is C#Cc1ccc(-c2ccc(Oc3cccc(-c4ccc(OCCCCCCCCCCCC)cc4)[n+]3[O-])cc2OCOC)c(OCOC)c1. The molecule has 8 nitrogen and oxygen atoms in total. The van der Waals surface area contributed by atoms with Crippen LogP contribution in [0.1, 0.15) is 76.7 Å². The van der Waals surface area contributed by atoms with Gasteiger partial charge in [-0.25, -0.2) is 0 Å². The highest BCUT2D eigenvalue weighted by atomic mass is 16.7. The van der Waals surface area contributed by atoms with Gasteiger partial charge >= 0.3 is 5.88 Å². The summed E-state index contributed by atoms with van der Waals surface area (Å²) in [5.41, 5.74) is 3.34. The molecule has 0 bridgehead atoms. The first kappa shape index (κ1) is 37.1. The summed E-state index contributed by atoms with van der Waals surface area (Å²) in [4.78, 5) is 0. The molecule has 4 rings (SSSR count). The van der Waals surface area contributed by atoms with Crippen LogP contribution in [0.25, 0.3) is 22.4 Å². The summed E-state index contributed by atoms with van der Waals surface area (Å²) in [6.45, 7) is 2.99. The quantitative estimate of drug-likeness (QED) is 0.0271. The second-order valence-corrected chi connectivity index (χ2v) is 11.8. The normalized spacial score (nSPS) is 10.8. The van der Waals surface area contributed by atoms with Gasteiger partial charge in [-0.3, -0.25) is 0 Å². The van der Waals surface area contributed by atoms with Crippen LogP contribution in [0.15, 0.2) is 78.9 Å². The highest BCUT2D eigenvalue weighted by molar-refractivity contribution is 5.77. The Morgan fingerprint density at radius 1 is 0.653 bits per heavy atom. The van der Waals surface area contributed by atoms with Gasteiger partial charge in [0.1, 0.15) is 23.0 Å². The van der Waals surface area contributed by atoms with Gasteiger partial charge in [0.05, 0.1) is 12.7 Å². The molecule has 0 atom stereocenters. The highest BCUT2D eigenvalue weighted by Gasteiger charge is 2.18. The lowest BCUT2D eigenvalue weighted by molar-refractivity contribution is -0.599. The van der Waals surface area contributed by atoms with Crippen molar-refractivity contribution >= 4 is 0 Å². The van der Waals surface area contributed by atoms with E-state index in [1.807, 2.05) is 42.5 Å². The molecule has 1 aromatic heterocycles. The molecule has 3 aromatic carbocycles. The van der Waals surface area contributed by atoms with Crippen molar-refractivity contribution in [2.75, 3.05) is 34.4 Å². The largest absolute Gasteiger partial charge is 0.616 e. The van der Waals surface area contributed by atoms with E-state index in [2.05, 4.69) is 12.8 Å². The minimum absolute atomic E-state index is 0.00313. The minimum Gasteiger partial charge on any atom is -0.616 e. The summed E-state index contributed by atoms with van der Waals surface area (Å²) in [5.74, 6) is 4.95. The lowest BCUT2D eigenvalue weighted by atomic mass is 10.0. The first-order valence-electron chi connectivity index (χ1n) is 17.2. The van der Waals surface area contributed by atoms with E-state index in [1.54, 1.807) is 43.5 Å². The number of hydrogen-bond acceptors (Lipinski definition) is 7. The fourth-order valence-electron chi connectivity index (χ4n) is 5.49. The molecule has 0 radical (unpaired) electrons. The number of pyridine rings is 1. The fraction of sp³-hybridized carbons (Fsp3) is 0.390. The highest BCUT2D eigenvalue weighted by Crippen LogP contribution is 2.40. The molecule has 4 aromatic rings. The van der Waals surface area contributed by atoms with Crippen LogP contribution < -0.4 is 23.7 Å². The second-order valence-electron chi connectivity index (χ2n) is 11.8. The third-order valence-corrected chi connectivity index (χ3v) is 8.11. The summed E-state index contributed by atoms with van der Waals surface area (Å²) in [6.07, 6.45) is 18.5. The van der Waals surface area contributed by atoms with Crippen molar-refractivity contribution in [2.45, 2.75) is 71.1 Å². The summed E-state index contributed by atoms with van der Waals surface area (Å²) >= 11 is 0. The van der Waals surface area contributed by atoms with E-state index in [-0.39, 0.29) is 19.5 Å². The lowest BCUT2D eigenvalue weighted by Crippen LogP contribution is -2.30. The molecule has 0 N–H and O–H groups in total. The van der Waals surface area contributed by atoms with Crippen LogP contribution in [0.4, 0.5) is 0 Å². The number of rotatable bonds is 22. The van der Waals surface area contributed by atoms with Crippen LogP contribution in [0.5, 0.6) is 28.9 Å². The number of terminal acetylenes is 1. The monoisotopic (exact) mass is 667 g/mol. The molecule has 260 valence electrons. The maximum atomic E-state index is 13.5. The molecule has 0 amide bonds. The number of benzene rings is 3. The Morgan fingerprint density at radius 3 is 1.88 bits per heavy atom. The van der Waals surface area contributed by atoms with Gasteiger partial charge in [0.25, 0.3) is 0 Å². The first-order valence-corrected chi connectivity index (χ1v) is 17.2. The Balaban J connectivity index is 1.39. The number of aromatic nitrogens is 1. The van der Waals surface area contributed by atoms with E-state index in [1.165, 1.54) is 64.9 Å². The minimum atomic E-state index is 0.00313. The number of ether oxygens (including phenoxy) is 6. The molecule has 0 unspecified atom stereocenters. The lowest BCUT2D eigenvalue weighted by Gasteiger charge is -2.16. The van der Waals surface area contributed by atoms with E-state index in [4.69, 9.17) is 34.8 Å². The van der Waals surface area contributed by atoms with Crippen LogP contribution in [0.3, 0.4) is 0 Å². The third-order valence-electron chi connectivity index (χ3n) is 8.11. The van der Waals surface area contributed by atoms with Crippen molar-refractivity contribution in [2.24, 2.45) is 0 Å². The van der Waals surface area contributed by atoms with Gasteiger partial charge in [-0.2, -0.15) is 0 Å². The number of unbranched alkanes of at least 4 members (excludes halogenated alkanes) is 9. The van der Waals surface area contributed by atoms with Gasteiger partial charge in [0, 0.05) is 48.6 Å². The van der Waals surface area contributed by atoms with Crippen LogP contribution in [0.2, 0.25) is 0 Å². The number of nitrogens with zero attached hydrogens (tertiary/aromatic N) is 1. The van der Waals surface area contributed by atoms with Gasteiger partial charge < -0.3 is 33.6 Å². The average molecular weight is 668 g/mol. The summed E-state index contributed by atoms with van der Waals surface area (Å²) in [5, 5.41) is 13.5. The van der Waals surface area contributed by atoms with Gasteiger partial charge in [-0.05, 0) is 67.1 Å². The van der Waals surface area contributed by atoms with Crippen molar-refractivity contribution < 1.29 is 33.2 Å². The van der Waals surface area contributed by atoms with Crippen molar-refractivity contribution in [3.05, 3.63) is 89.6 Å². The predicted octanol–water partition coefficient (Wildman–Crippen LogP) is 9.69. The Labute approximate surface area is 291 Å². The second kappa shape index (κ2) is 20.6. The van der Waals surface area contributed by atoms with Crippen LogP contribution >= 0.6 is 0 Å². The molecule has 8 heteroatoms. The van der Waals surface area contributed by atoms with Crippen molar-refractivity contribution in [1.82, 2.24) is 0 Å². The molecule has 0 aliphatic heterocycles. The van der Waals surface area contributed by atoms with Gasteiger partial charge in [0.2, 0.25) is 5.69 Å². The maximum Gasteiger partial charge on any atom is 0.385 e. The number of methoxy groups -OCH3 is 2. The zero-order chi connectivity index (χ0) is 34.7. The molecule has 1 heterocycles. The molecule has 0 fully saturated rings. The fourth-order valence-corrected chi connectivity index (χ4v) is 5.49. The smallest absolute Gasteiger partial charge is 0.385 e. The van der Waals surface area contributed by atoms with Crippen LogP contribution in [0, 0.1) is 17.6 Å². The van der Waals surface area contributed by atoms with Crippen LogP contribution in [-0.4, -0.2) is 34.4 Å². The third kappa shape index (κ3) is 11.4. The molecule has 49 heavy (non-hydrogen) atoms. The topological polar surface area (TPSA) is 82.3 Å². The summed E-state index contributed by atoms with van der Waals surface area (Å²) in [7, 11) is 3.09. The molecule has 0 aliphatic carbocycles. The average Bonchev–Trinajstić information content (AvgIpc) is 3.13. The van der Waals surface area contributed by atoms with E-state index in [0.717, 1.165) is 33.6 Å². The van der Waals surface area contributed by atoms with Gasteiger partial charge in [0.15, 0.2) is 13.6 Å². The van der Waals surface area contributed by atoms with Gasteiger partial charge in [-0.1, -0.05) is 70.6 Å². The van der Waals surface area contributed by atoms with Crippen molar-refractivity contribution in [3.8, 4) is 63.6 Å². The first-order chi connectivity index (χ1) is 24.1. The van der Waals surface area contributed by atoms with Crippen LogP contribution in [-0.2, 0) is 9.47 Å². The summed E-state index contributed by atoms with van der Waals surface area (Å²) < 4.78 is 34.8. The zero-order valence-electron chi connectivity index (χ0n) is 29.1. The van der Waals surface area contributed by atoms with E-state index < -0.39 is 0 Å². The Bertz CT molecular complexity index is 1610. The Hall–Kier alpha value is -4.71. The van der Waals surface area contributed by atoms with Crippen molar-refractivity contribution in [3.63, 3.8) is 0 Å². The Morgan fingerprint density at radius 2 is 1.24 bits per heavy atom. The molecule has 0 saturated carbocycles. The molecule has 0 spiro atoms. The summed E-state index contributed by atoms with van der Waals surface area (Å²) in [6, 6.07) is 23.5. The van der Waals surface area contributed by atoms with Crippen molar-refractivity contribution in [1.29, 1.82) is 0 Å². The zero-order valence-corrected chi connectivity index (χ0v) is 29.1. The standard InChI is InChI=1S/C41H49NO7/c1-5-7-8-9-10-11-12-13-14-15-27-46-34-22-20-33(21-23-34)38-17-16-18-41(42(38)43)49-35-24-26-37(40(29-35)48-31-45-4)36-25-19-32(6-2)28-39(36)47-30-44-3/h2,16-26,28-29H,5,7-15,27,30-31H2,1,3-4H3. The maximum absolute atomic E-state index is 13.5. The predicted molar refractivity (Wildman–Crippen MR) is 193 cm³/mol. The van der Waals surface area contributed by atoms with Gasteiger partial charge in [-0.15, -0.1) is 11.2 Å². The van der Waals surface area contributed by atoms with E-state index in [0.29, 0.717) is 35.1 Å². The molecular formula is C41H49NO7. The van der Waals surface area contributed by atoms with E-state index in [9.17, 15) is 5.21 Å². The Kier molecular flexibility index (Phi) is 15.6. The number of hydrogen-bond donors (Lipinski definition) is 0.